The second-order valence-corrected chi connectivity index (χ2v) is 10.2. The van der Waals surface area contributed by atoms with Crippen molar-refractivity contribution in [3.05, 3.63) is 116 Å². The molecule has 2 aromatic heterocycles. The molecule has 198 valence electrons. The smallest absolute Gasteiger partial charge is 0.343 e. The maximum absolute atomic E-state index is 14.2. The fourth-order valence-corrected chi connectivity index (χ4v) is 5.01. The van der Waals surface area contributed by atoms with Gasteiger partial charge in [0.25, 0.3) is 0 Å². The number of nitrogens with zero attached hydrogens (tertiary/aromatic N) is 2. The largest absolute Gasteiger partial charge is 0.455 e. The highest BCUT2D eigenvalue weighted by atomic mass is 35.5. The number of para-hydroxylation sites is 2. The number of halogens is 2. The Morgan fingerprint density at radius 2 is 1.62 bits per heavy atom. The van der Waals surface area contributed by atoms with Crippen molar-refractivity contribution in [2.75, 3.05) is 0 Å². The van der Waals surface area contributed by atoms with E-state index in [0.29, 0.717) is 61.4 Å². The number of hydrogen-bond donors (Lipinski definition) is 0. The third-order valence-electron chi connectivity index (χ3n) is 6.85. The van der Waals surface area contributed by atoms with E-state index in [4.69, 9.17) is 37.3 Å². The van der Waals surface area contributed by atoms with Crippen LogP contribution in [0.4, 0.5) is 0 Å². The minimum absolute atomic E-state index is 0.241. The van der Waals surface area contributed by atoms with Gasteiger partial charge >= 0.3 is 5.97 Å². The van der Waals surface area contributed by atoms with E-state index in [1.165, 1.54) is 0 Å². The molecule has 8 heteroatoms. The number of fused-ring (bicyclic) bond motifs is 2. The predicted molar refractivity (Wildman–Crippen MR) is 158 cm³/mol. The summed E-state index contributed by atoms with van der Waals surface area (Å²) in [4.78, 5) is 31.9. The molecule has 6 nitrogen and oxygen atoms in total. The van der Waals surface area contributed by atoms with Crippen LogP contribution in [0.2, 0.25) is 10.0 Å². The molecular weight excluding hydrogens is 547 g/mol. The molecule has 0 fully saturated rings. The van der Waals surface area contributed by atoms with Crippen LogP contribution in [-0.2, 0) is 13.5 Å². The second-order valence-electron chi connectivity index (χ2n) is 9.33. The van der Waals surface area contributed by atoms with E-state index in [-0.39, 0.29) is 11.0 Å². The van der Waals surface area contributed by atoms with Crippen LogP contribution in [0.3, 0.4) is 0 Å². The Bertz CT molecular complexity index is 1970. The van der Waals surface area contributed by atoms with Gasteiger partial charge in [-0.1, -0.05) is 42.3 Å². The molecule has 0 radical (unpaired) electrons. The topological polar surface area (TPSA) is 74.3 Å². The quantitative estimate of drug-likeness (QED) is 0.155. The minimum Gasteiger partial charge on any atom is -0.455 e. The maximum atomic E-state index is 14.2. The Morgan fingerprint density at radius 3 is 2.30 bits per heavy atom. The SMILES string of the molecule is CCc1cc2c(=O)c(-c3nc4ccccc4n3C)c(-c3ccc(Cl)cc3)oc2cc1OC(=O)c1ccc(Cl)cc1. The monoisotopic (exact) mass is 568 g/mol. The van der Waals surface area contributed by atoms with Gasteiger partial charge in [0.2, 0.25) is 5.43 Å². The van der Waals surface area contributed by atoms with Gasteiger partial charge in [0.1, 0.15) is 28.5 Å². The van der Waals surface area contributed by atoms with E-state index in [9.17, 15) is 9.59 Å². The van der Waals surface area contributed by atoms with Crippen molar-refractivity contribution >= 4 is 51.2 Å². The summed E-state index contributed by atoms with van der Waals surface area (Å²) in [6, 6.07) is 24.5. The number of carbonyl (C=O) groups excluding carboxylic acids is 1. The summed E-state index contributed by atoms with van der Waals surface area (Å²) >= 11 is 12.1. The Morgan fingerprint density at radius 1 is 0.950 bits per heavy atom. The van der Waals surface area contributed by atoms with Gasteiger partial charge in [-0.2, -0.15) is 0 Å². The van der Waals surface area contributed by atoms with E-state index in [1.807, 2.05) is 42.8 Å². The van der Waals surface area contributed by atoms with Gasteiger partial charge in [0.15, 0.2) is 0 Å². The van der Waals surface area contributed by atoms with Gasteiger partial charge < -0.3 is 13.7 Å². The summed E-state index contributed by atoms with van der Waals surface area (Å²) < 4.78 is 14.1. The molecule has 0 atom stereocenters. The zero-order chi connectivity index (χ0) is 28.0. The normalized spacial score (nSPS) is 11.3. The molecule has 40 heavy (non-hydrogen) atoms. The molecule has 2 heterocycles. The van der Waals surface area contributed by atoms with Crippen LogP contribution in [0.15, 0.2) is 94.1 Å². The number of aromatic nitrogens is 2. The zero-order valence-electron chi connectivity index (χ0n) is 21.6. The number of hydrogen-bond acceptors (Lipinski definition) is 5. The number of esters is 1. The molecule has 0 N–H and O–H groups in total. The van der Waals surface area contributed by atoms with Gasteiger partial charge in [-0.15, -0.1) is 0 Å². The average molecular weight is 569 g/mol. The second kappa shape index (κ2) is 10.3. The molecule has 0 bridgehead atoms. The fourth-order valence-electron chi connectivity index (χ4n) is 4.76. The lowest BCUT2D eigenvalue weighted by molar-refractivity contribution is 0.0733. The number of ether oxygens (including phenoxy) is 1. The van der Waals surface area contributed by atoms with Crippen molar-refractivity contribution in [3.63, 3.8) is 0 Å². The molecule has 0 saturated carbocycles. The lowest BCUT2D eigenvalue weighted by Crippen LogP contribution is -2.13. The highest BCUT2D eigenvalue weighted by molar-refractivity contribution is 6.31. The van der Waals surface area contributed by atoms with E-state index < -0.39 is 5.97 Å². The van der Waals surface area contributed by atoms with Crippen molar-refractivity contribution in [3.8, 4) is 28.5 Å². The first-order valence-corrected chi connectivity index (χ1v) is 13.4. The van der Waals surface area contributed by atoms with Crippen LogP contribution in [0.25, 0.3) is 44.7 Å². The van der Waals surface area contributed by atoms with Crippen molar-refractivity contribution in [2.24, 2.45) is 7.05 Å². The Labute approximate surface area is 239 Å². The Kier molecular flexibility index (Phi) is 6.66. The van der Waals surface area contributed by atoms with Crippen LogP contribution in [-0.4, -0.2) is 15.5 Å². The summed E-state index contributed by atoms with van der Waals surface area (Å²) in [5.41, 5.74) is 3.73. The van der Waals surface area contributed by atoms with Crippen LogP contribution >= 0.6 is 23.2 Å². The Balaban J connectivity index is 1.58. The van der Waals surface area contributed by atoms with E-state index in [2.05, 4.69) is 0 Å². The van der Waals surface area contributed by atoms with Crippen LogP contribution in [0.1, 0.15) is 22.8 Å². The number of rotatable bonds is 5. The molecule has 0 spiro atoms. The molecule has 0 unspecified atom stereocenters. The lowest BCUT2D eigenvalue weighted by atomic mass is 10.0. The molecule has 0 aliphatic rings. The molecular formula is C32H22Cl2N2O4. The summed E-state index contributed by atoms with van der Waals surface area (Å²) in [7, 11) is 1.87. The molecule has 0 amide bonds. The van der Waals surface area contributed by atoms with Gasteiger partial charge in [0.05, 0.1) is 22.0 Å². The first-order chi connectivity index (χ1) is 19.3. The standard InChI is InChI=1S/C32H22Cl2N2O4/c1-3-18-16-23-27(17-26(18)40-32(38)20-10-14-22(34)15-11-20)39-30(19-8-12-21(33)13-9-19)28(29(23)37)31-35-24-6-4-5-7-25(24)36(31)2/h4-17H,3H2,1-2H3. The van der Waals surface area contributed by atoms with Crippen LogP contribution < -0.4 is 10.2 Å². The van der Waals surface area contributed by atoms with Gasteiger partial charge in [0, 0.05) is 28.7 Å². The average Bonchev–Trinajstić information content (AvgIpc) is 3.29. The number of imidazole rings is 1. The summed E-state index contributed by atoms with van der Waals surface area (Å²) in [5, 5.41) is 1.44. The number of carbonyl (C=O) groups is 1. The minimum atomic E-state index is -0.540. The third kappa shape index (κ3) is 4.55. The van der Waals surface area contributed by atoms with Crippen LogP contribution in [0, 0.1) is 0 Å². The summed E-state index contributed by atoms with van der Waals surface area (Å²) in [6.07, 6.45) is 0.527. The summed E-state index contributed by atoms with van der Waals surface area (Å²) in [5.74, 6) is 0.600. The van der Waals surface area contributed by atoms with Crippen molar-refractivity contribution in [1.82, 2.24) is 9.55 Å². The van der Waals surface area contributed by atoms with Crippen LogP contribution in [0.5, 0.6) is 5.75 Å². The molecule has 0 saturated heterocycles. The maximum Gasteiger partial charge on any atom is 0.343 e. The van der Waals surface area contributed by atoms with Gasteiger partial charge in [-0.25, -0.2) is 9.78 Å². The molecule has 6 aromatic rings. The zero-order valence-corrected chi connectivity index (χ0v) is 23.1. The molecule has 4 aromatic carbocycles. The number of aryl methyl sites for hydroxylation is 2. The fraction of sp³-hybridized carbons (Fsp3) is 0.0938. The highest BCUT2D eigenvalue weighted by Gasteiger charge is 2.24. The first-order valence-electron chi connectivity index (χ1n) is 12.6. The molecule has 0 aliphatic heterocycles. The third-order valence-corrected chi connectivity index (χ3v) is 7.36. The first kappa shape index (κ1) is 25.9. The van der Waals surface area contributed by atoms with Gasteiger partial charge in [-0.05, 0) is 78.7 Å². The summed E-state index contributed by atoms with van der Waals surface area (Å²) in [6.45, 7) is 1.93. The van der Waals surface area contributed by atoms with E-state index >= 15 is 0 Å². The molecule has 6 rings (SSSR count). The lowest BCUT2D eigenvalue weighted by Gasteiger charge is -2.14. The molecule has 0 aliphatic carbocycles. The van der Waals surface area contributed by atoms with E-state index in [0.717, 1.165) is 11.0 Å². The predicted octanol–water partition coefficient (Wildman–Crippen LogP) is 8.10. The van der Waals surface area contributed by atoms with Crippen molar-refractivity contribution in [2.45, 2.75) is 13.3 Å². The highest BCUT2D eigenvalue weighted by Crippen LogP contribution is 2.36. The van der Waals surface area contributed by atoms with E-state index in [1.54, 1.807) is 60.7 Å². The Hall–Kier alpha value is -4.39. The van der Waals surface area contributed by atoms with Crippen molar-refractivity contribution < 1.29 is 13.9 Å². The van der Waals surface area contributed by atoms with Gasteiger partial charge in [-0.3, -0.25) is 4.79 Å². The number of benzene rings is 4. The van der Waals surface area contributed by atoms with Crippen molar-refractivity contribution in [1.29, 1.82) is 0 Å².